The van der Waals surface area contributed by atoms with Crippen molar-refractivity contribution in [1.82, 2.24) is 9.62 Å². The van der Waals surface area contributed by atoms with Crippen LogP contribution in [-0.4, -0.2) is 58.6 Å². The maximum Gasteiger partial charge on any atom is 0.251 e. The molecule has 8 heteroatoms. The number of hydrogen-bond acceptors (Lipinski definition) is 5. The summed E-state index contributed by atoms with van der Waals surface area (Å²) in [5.74, 6) is 0.476. The highest BCUT2D eigenvalue weighted by molar-refractivity contribution is 7.89. The molecule has 0 saturated carbocycles. The van der Waals surface area contributed by atoms with Crippen LogP contribution < -0.4 is 10.1 Å². The van der Waals surface area contributed by atoms with Gasteiger partial charge in [-0.05, 0) is 42.2 Å². The first-order valence-electron chi connectivity index (χ1n) is 10.1. The molecular weight excluding hydrogens is 404 g/mol. The maximum atomic E-state index is 13.1. The highest BCUT2D eigenvalue weighted by Gasteiger charge is 2.29. The minimum atomic E-state index is -3.68. The molecule has 1 aliphatic rings. The van der Waals surface area contributed by atoms with E-state index >= 15 is 0 Å². The molecule has 0 aliphatic carbocycles. The van der Waals surface area contributed by atoms with Crippen molar-refractivity contribution in [3.8, 4) is 5.75 Å². The number of rotatable bonds is 8. The van der Waals surface area contributed by atoms with Crippen LogP contribution in [0.5, 0.6) is 5.75 Å². The van der Waals surface area contributed by atoms with Crippen molar-refractivity contribution in [3.05, 3.63) is 59.2 Å². The van der Waals surface area contributed by atoms with Crippen molar-refractivity contribution < 1.29 is 22.7 Å². The van der Waals surface area contributed by atoms with Gasteiger partial charge >= 0.3 is 0 Å². The molecule has 2 aromatic carbocycles. The SMILES string of the molecule is CCc1ccc(C(=O)NCCc2ccccc2OC)cc1S(=O)(=O)N1CCOCC1. The lowest BCUT2D eigenvalue weighted by Gasteiger charge is -2.27. The molecule has 0 radical (unpaired) electrons. The van der Waals surface area contributed by atoms with E-state index < -0.39 is 10.0 Å². The van der Waals surface area contributed by atoms with Gasteiger partial charge < -0.3 is 14.8 Å². The number of nitrogens with zero attached hydrogens (tertiary/aromatic N) is 1. The summed E-state index contributed by atoms with van der Waals surface area (Å²) in [6.45, 7) is 3.72. The van der Waals surface area contributed by atoms with Gasteiger partial charge in [-0.3, -0.25) is 4.79 Å². The van der Waals surface area contributed by atoms with Crippen LogP contribution in [0.1, 0.15) is 28.4 Å². The number of sulfonamides is 1. The van der Waals surface area contributed by atoms with Crippen LogP contribution in [0.15, 0.2) is 47.4 Å². The zero-order chi connectivity index (χ0) is 21.6. The van der Waals surface area contributed by atoms with Gasteiger partial charge in [0.25, 0.3) is 5.91 Å². The number of amides is 1. The molecule has 1 amide bonds. The van der Waals surface area contributed by atoms with Gasteiger partial charge in [0.15, 0.2) is 0 Å². The number of hydrogen-bond donors (Lipinski definition) is 1. The minimum absolute atomic E-state index is 0.198. The fraction of sp³-hybridized carbons (Fsp3) is 0.409. The van der Waals surface area contributed by atoms with Crippen molar-refractivity contribution in [2.24, 2.45) is 0 Å². The second kappa shape index (κ2) is 10.1. The van der Waals surface area contributed by atoms with E-state index in [1.807, 2.05) is 31.2 Å². The molecule has 7 nitrogen and oxygen atoms in total. The third-order valence-electron chi connectivity index (χ3n) is 5.17. The van der Waals surface area contributed by atoms with Crippen molar-refractivity contribution in [2.45, 2.75) is 24.7 Å². The number of aryl methyl sites for hydroxylation is 1. The van der Waals surface area contributed by atoms with E-state index in [-0.39, 0.29) is 10.8 Å². The molecule has 0 aromatic heterocycles. The number of nitrogens with one attached hydrogen (secondary N) is 1. The van der Waals surface area contributed by atoms with Gasteiger partial charge in [0, 0.05) is 25.2 Å². The first-order chi connectivity index (χ1) is 14.5. The second-order valence-corrected chi connectivity index (χ2v) is 8.92. The number of morpholine rings is 1. The average molecular weight is 433 g/mol. The van der Waals surface area contributed by atoms with Gasteiger partial charge in [-0.25, -0.2) is 8.42 Å². The van der Waals surface area contributed by atoms with Crippen molar-refractivity contribution >= 4 is 15.9 Å². The third kappa shape index (κ3) is 5.00. The van der Waals surface area contributed by atoms with E-state index in [9.17, 15) is 13.2 Å². The molecule has 3 rings (SSSR count). The number of benzene rings is 2. The molecule has 1 saturated heterocycles. The van der Waals surface area contributed by atoms with Crippen LogP contribution in [0.25, 0.3) is 0 Å². The molecule has 162 valence electrons. The first kappa shape index (κ1) is 22.3. The predicted molar refractivity (Wildman–Crippen MR) is 114 cm³/mol. The van der Waals surface area contributed by atoms with Gasteiger partial charge in [-0.2, -0.15) is 4.31 Å². The molecule has 0 unspecified atom stereocenters. The Morgan fingerprint density at radius 2 is 1.87 bits per heavy atom. The monoisotopic (exact) mass is 432 g/mol. The van der Waals surface area contributed by atoms with E-state index in [2.05, 4.69) is 5.32 Å². The quantitative estimate of drug-likeness (QED) is 0.692. The summed E-state index contributed by atoms with van der Waals surface area (Å²) in [4.78, 5) is 12.9. The maximum absolute atomic E-state index is 13.1. The summed E-state index contributed by atoms with van der Waals surface area (Å²) in [5, 5.41) is 2.87. The summed E-state index contributed by atoms with van der Waals surface area (Å²) in [6.07, 6.45) is 1.18. The Kier molecular flexibility index (Phi) is 7.47. The van der Waals surface area contributed by atoms with Gasteiger partial charge in [-0.1, -0.05) is 31.2 Å². The lowest BCUT2D eigenvalue weighted by atomic mass is 10.1. The topological polar surface area (TPSA) is 84.9 Å². The second-order valence-electron chi connectivity index (χ2n) is 7.01. The lowest BCUT2D eigenvalue weighted by Crippen LogP contribution is -2.41. The zero-order valence-electron chi connectivity index (χ0n) is 17.4. The van der Waals surface area contributed by atoms with Crippen LogP contribution in [0.2, 0.25) is 0 Å². The molecule has 1 heterocycles. The van der Waals surface area contributed by atoms with Crippen LogP contribution in [0, 0.1) is 0 Å². The molecule has 0 bridgehead atoms. The number of carbonyl (C=O) groups is 1. The Bertz CT molecular complexity index is 985. The standard InChI is InChI=1S/C22H28N2O5S/c1-3-17-8-9-19(16-21(17)30(26,27)24-12-14-29-15-13-24)22(25)23-11-10-18-6-4-5-7-20(18)28-2/h4-9,16H,3,10-15H2,1-2H3,(H,23,25). The van der Waals surface area contributed by atoms with E-state index in [1.165, 1.54) is 10.4 Å². The molecule has 1 fully saturated rings. The van der Waals surface area contributed by atoms with Gasteiger partial charge in [0.05, 0.1) is 25.2 Å². The summed E-state index contributed by atoms with van der Waals surface area (Å²) in [5.41, 5.74) is 2.03. The summed E-state index contributed by atoms with van der Waals surface area (Å²) < 4.78 is 38.3. The van der Waals surface area contributed by atoms with Crippen molar-refractivity contribution in [3.63, 3.8) is 0 Å². The molecule has 2 aromatic rings. The summed E-state index contributed by atoms with van der Waals surface area (Å²) in [7, 11) is -2.06. The zero-order valence-corrected chi connectivity index (χ0v) is 18.2. The molecule has 0 spiro atoms. The molecule has 30 heavy (non-hydrogen) atoms. The Morgan fingerprint density at radius 1 is 1.13 bits per heavy atom. The fourth-order valence-corrected chi connectivity index (χ4v) is 5.20. The molecular formula is C22H28N2O5S. The highest BCUT2D eigenvalue weighted by Crippen LogP contribution is 2.23. The average Bonchev–Trinajstić information content (AvgIpc) is 2.79. The highest BCUT2D eigenvalue weighted by atomic mass is 32.2. The molecule has 1 N–H and O–H groups in total. The first-order valence-corrected chi connectivity index (χ1v) is 11.5. The Labute approximate surface area is 178 Å². The van der Waals surface area contributed by atoms with Crippen LogP contribution >= 0.6 is 0 Å². The van der Waals surface area contributed by atoms with Crippen LogP contribution in [0.4, 0.5) is 0 Å². The smallest absolute Gasteiger partial charge is 0.251 e. The Hall–Kier alpha value is -2.42. The largest absolute Gasteiger partial charge is 0.496 e. The van der Waals surface area contributed by atoms with Crippen molar-refractivity contribution in [2.75, 3.05) is 40.0 Å². The van der Waals surface area contributed by atoms with Crippen LogP contribution in [0.3, 0.4) is 0 Å². The predicted octanol–water partition coefficient (Wildman–Crippen LogP) is 2.25. The minimum Gasteiger partial charge on any atom is -0.496 e. The van der Waals surface area contributed by atoms with E-state index in [0.29, 0.717) is 56.8 Å². The fourth-order valence-electron chi connectivity index (χ4n) is 3.48. The van der Waals surface area contributed by atoms with E-state index in [4.69, 9.17) is 9.47 Å². The van der Waals surface area contributed by atoms with Crippen molar-refractivity contribution in [1.29, 1.82) is 0 Å². The van der Waals surface area contributed by atoms with Gasteiger partial charge in [-0.15, -0.1) is 0 Å². The van der Waals surface area contributed by atoms with Gasteiger partial charge in [0.1, 0.15) is 5.75 Å². The molecule has 0 atom stereocenters. The van der Waals surface area contributed by atoms with Crippen LogP contribution in [-0.2, 0) is 27.6 Å². The van der Waals surface area contributed by atoms with E-state index in [1.54, 1.807) is 19.2 Å². The third-order valence-corrected chi connectivity index (χ3v) is 7.15. The Morgan fingerprint density at radius 3 is 2.57 bits per heavy atom. The van der Waals surface area contributed by atoms with E-state index in [0.717, 1.165) is 11.3 Å². The van der Waals surface area contributed by atoms with Gasteiger partial charge in [0.2, 0.25) is 10.0 Å². The normalized spacial score (nSPS) is 15.0. The number of ether oxygens (including phenoxy) is 2. The number of para-hydroxylation sites is 1. The summed E-state index contributed by atoms with van der Waals surface area (Å²) >= 11 is 0. The summed E-state index contributed by atoms with van der Waals surface area (Å²) in [6, 6.07) is 12.5. The lowest BCUT2D eigenvalue weighted by molar-refractivity contribution is 0.0730. The molecule has 1 aliphatic heterocycles. The Balaban J connectivity index is 1.74. The number of methoxy groups -OCH3 is 1. The number of carbonyl (C=O) groups excluding carboxylic acids is 1.